The highest BCUT2D eigenvalue weighted by atomic mass is 32.1. The van der Waals surface area contributed by atoms with Gasteiger partial charge in [-0.05, 0) is 23.6 Å². The normalized spacial score (nSPS) is 15.2. The van der Waals surface area contributed by atoms with Gasteiger partial charge in [0.25, 0.3) is 0 Å². The molecule has 7 heteroatoms. The van der Waals surface area contributed by atoms with Gasteiger partial charge in [0.1, 0.15) is 6.26 Å². The molecule has 0 aliphatic carbocycles. The Morgan fingerprint density at radius 2 is 1.96 bits per heavy atom. The van der Waals surface area contributed by atoms with Crippen LogP contribution in [-0.4, -0.2) is 49.1 Å². The highest BCUT2D eigenvalue weighted by Crippen LogP contribution is 2.23. The van der Waals surface area contributed by atoms with Gasteiger partial charge in [-0.2, -0.15) is 0 Å². The molecule has 4 rings (SSSR count). The molecule has 140 valence electrons. The maximum Gasteiger partial charge on any atom is 0.236 e. The summed E-state index contributed by atoms with van der Waals surface area (Å²) in [5.74, 6) is 1.58. The third-order valence-electron chi connectivity index (χ3n) is 4.62. The van der Waals surface area contributed by atoms with Gasteiger partial charge in [0.05, 0.1) is 17.1 Å². The van der Waals surface area contributed by atoms with Gasteiger partial charge in [0.2, 0.25) is 5.89 Å². The number of hydrogen-bond acceptors (Lipinski definition) is 5. The van der Waals surface area contributed by atoms with Crippen LogP contribution in [0.3, 0.4) is 0 Å². The second-order valence-electron chi connectivity index (χ2n) is 6.33. The van der Waals surface area contributed by atoms with Crippen LogP contribution >= 0.6 is 11.3 Å². The SMILES string of the molecule is CN=C(NCc1coc(-c2cccs2)n1)N1CCN(c2ccccc2)CC1. The number of guanidine groups is 1. The van der Waals surface area contributed by atoms with Gasteiger partial charge in [-0.1, -0.05) is 24.3 Å². The molecular weight excluding hydrogens is 358 g/mol. The number of nitrogens with one attached hydrogen (secondary N) is 1. The first-order valence-electron chi connectivity index (χ1n) is 9.07. The van der Waals surface area contributed by atoms with Crippen molar-refractivity contribution in [2.75, 3.05) is 38.1 Å². The van der Waals surface area contributed by atoms with Crippen LogP contribution in [-0.2, 0) is 6.54 Å². The van der Waals surface area contributed by atoms with Crippen LogP contribution in [0.2, 0.25) is 0 Å². The number of piperazine rings is 1. The molecule has 1 N–H and O–H groups in total. The van der Waals surface area contributed by atoms with E-state index in [1.807, 2.05) is 24.6 Å². The molecule has 1 aliphatic heterocycles. The average molecular weight is 382 g/mol. The number of para-hydroxylation sites is 1. The molecule has 0 atom stereocenters. The Bertz CT molecular complexity index is 867. The van der Waals surface area contributed by atoms with Crippen molar-refractivity contribution in [3.63, 3.8) is 0 Å². The van der Waals surface area contributed by atoms with Gasteiger partial charge in [-0.25, -0.2) is 4.98 Å². The smallest absolute Gasteiger partial charge is 0.236 e. The molecule has 0 unspecified atom stereocenters. The molecule has 1 aliphatic rings. The molecule has 0 bridgehead atoms. The topological polar surface area (TPSA) is 56.9 Å². The minimum atomic E-state index is 0.598. The van der Waals surface area contributed by atoms with Crippen molar-refractivity contribution >= 4 is 23.0 Å². The Labute approximate surface area is 163 Å². The maximum atomic E-state index is 5.58. The fourth-order valence-electron chi connectivity index (χ4n) is 3.22. The summed E-state index contributed by atoms with van der Waals surface area (Å²) in [6.07, 6.45) is 1.71. The van der Waals surface area contributed by atoms with Crippen molar-refractivity contribution in [1.29, 1.82) is 0 Å². The number of thiophene rings is 1. The quantitative estimate of drug-likeness (QED) is 0.555. The van der Waals surface area contributed by atoms with E-state index < -0.39 is 0 Å². The Balaban J connectivity index is 1.31. The molecule has 0 amide bonds. The number of aromatic nitrogens is 1. The maximum absolute atomic E-state index is 5.58. The monoisotopic (exact) mass is 381 g/mol. The zero-order chi connectivity index (χ0) is 18.5. The van der Waals surface area contributed by atoms with E-state index in [1.54, 1.807) is 17.6 Å². The lowest BCUT2D eigenvalue weighted by Crippen LogP contribution is -2.52. The van der Waals surface area contributed by atoms with Gasteiger partial charge in [0, 0.05) is 38.9 Å². The van der Waals surface area contributed by atoms with E-state index >= 15 is 0 Å². The van der Waals surface area contributed by atoms with Crippen LogP contribution < -0.4 is 10.2 Å². The minimum Gasteiger partial charge on any atom is -0.443 e. The first kappa shape index (κ1) is 17.6. The fourth-order valence-corrected chi connectivity index (χ4v) is 3.87. The van der Waals surface area contributed by atoms with Crippen LogP contribution in [0.5, 0.6) is 0 Å². The van der Waals surface area contributed by atoms with Crippen molar-refractivity contribution in [1.82, 2.24) is 15.2 Å². The highest BCUT2D eigenvalue weighted by molar-refractivity contribution is 7.13. The van der Waals surface area contributed by atoms with Gasteiger partial charge in [-0.3, -0.25) is 4.99 Å². The van der Waals surface area contributed by atoms with Gasteiger partial charge in [0.15, 0.2) is 5.96 Å². The zero-order valence-corrected chi connectivity index (χ0v) is 16.2. The summed E-state index contributed by atoms with van der Waals surface area (Å²) in [7, 11) is 1.83. The van der Waals surface area contributed by atoms with Crippen molar-refractivity contribution in [2.24, 2.45) is 4.99 Å². The molecule has 0 spiro atoms. The number of anilines is 1. The summed E-state index contributed by atoms with van der Waals surface area (Å²) >= 11 is 1.63. The first-order valence-corrected chi connectivity index (χ1v) is 9.95. The molecule has 1 aromatic carbocycles. The van der Waals surface area contributed by atoms with E-state index in [9.17, 15) is 0 Å². The molecule has 1 saturated heterocycles. The number of oxazole rings is 1. The Morgan fingerprint density at radius 3 is 2.67 bits per heavy atom. The van der Waals surface area contributed by atoms with Crippen molar-refractivity contribution in [2.45, 2.75) is 6.54 Å². The predicted molar refractivity (Wildman–Crippen MR) is 110 cm³/mol. The summed E-state index contributed by atoms with van der Waals surface area (Å²) in [4.78, 5) is 14.7. The Hall–Kier alpha value is -2.80. The predicted octanol–water partition coefficient (Wildman–Crippen LogP) is 3.30. The summed E-state index contributed by atoms with van der Waals surface area (Å²) < 4.78 is 5.58. The first-order chi connectivity index (χ1) is 13.3. The summed E-state index contributed by atoms with van der Waals surface area (Å²) in [5.41, 5.74) is 2.16. The number of nitrogens with zero attached hydrogens (tertiary/aromatic N) is 4. The summed E-state index contributed by atoms with van der Waals surface area (Å²) in [6, 6.07) is 14.6. The number of rotatable bonds is 4. The lowest BCUT2D eigenvalue weighted by atomic mass is 10.2. The molecule has 6 nitrogen and oxygen atoms in total. The number of benzene rings is 1. The van der Waals surface area contributed by atoms with E-state index in [-0.39, 0.29) is 0 Å². The van der Waals surface area contributed by atoms with E-state index in [4.69, 9.17) is 4.42 Å². The lowest BCUT2D eigenvalue weighted by molar-refractivity contribution is 0.372. The fraction of sp³-hybridized carbons (Fsp3) is 0.300. The lowest BCUT2D eigenvalue weighted by Gasteiger charge is -2.37. The minimum absolute atomic E-state index is 0.598. The second-order valence-corrected chi connectivity index (χ2v) is 7.28. The van der Waals surface area contributed by atoms with Crippen molar-refractivity contribution in [3.8, 4) is 10.8 Å². The molecule has 2 aromatic heterocycles. The molecule has 0 saturated carbocycles. The van der Waals surface area contributed by atoms with E-state index in [0.29, 0.717) is 12.4 Å². The van der Waals surface area contributed by atoms with Crippen LogP contribution in [0, 0.1) is 0 Å². The molecule has 3 heterocycles. The van der Waals surface area contributed by atoms with Crippen LogP contribution in [0.1, 0.15) is 5.69 Å². The third-order valence-corrected chi connectivity index (χ3v) is 5.48. The summed E-state index contributed by atoms with van der Waals surface area (Å²) in [5, 5.41) is 5.43. The Kier molecular flexibility index (Phi) is 5.39. The van der Waals surface area contributed by atoms with E-state index in [1.165, 1.54) is 5.69 Å². The van der Waals surface area contributed by atoms with E-state index in [0.717, 1.165) is 42.7 Å². The third kappa shape index (κ3) is 4.14. The summed E-state index contributed by atoms with van der Waals surface area (Å²) in [6.45, 7) is 4.44. The highest BCUT2D eigenvalue weighted by Gasteiger charge is 2.20. The van der Waals surface area contributed by atoms with Gasteiger partial charge in [-0.15, -0.1) is 11.3 Å². The van der Waals surface area contributed by atoms with Gasteiger partial charge >= 0.3 is 0 Å². The molecule has 27 heavy (non-hydrogen) atoms. The second kappa shape index (κ2) is 8.26. The van der Waals surface area contributed by atoms with Crippen molar-refractivity contribution < 1.29 is 4.42 Å². The van der Waals surface area contributed by atoms with Crippen LogP contribution in [0.15, 0.2) is 63.5 Å². The van der Waals surface area contributed by atoms with Crippen molar-refractivity contribution in [3.05, 3.63) is 59.8 Å². The molecule has 3 aromatic rings. The average Bonchev–Trinajstić information content (AvgIpc) is 3.41. The number of aliphatic imine (C=N–C) groups is 1. The molecular formula is C20H23N5OS. The standard InChI is InChI=1S/C20H23N5OS/c1-21-20(22-14-16-15-26-19(23-16)18-8-5-13-27-18)25-11-9-24(10-12-25)17-6-3-2-4-7-17/h2-8,13,15H,9-12,14H2,1H3,(H,21,22). The van der Waals surface area contributed by atoms with Crippen LogP contribution in [0.4, 0.5) is 5.69 Å². The van der Waals surface area contributed by atoms with Crippen LogP contribution in [0.25, 0.3) is 10.8 Å². The zero-order valence-electron chi connectivity index (χ0n) is 15.3. The molecule has 0 radical (unpaired) electrons. The Morgan fingerprint density at radius 1 is 1.15 bits per heavy atom. The van der Waals surface area contributed by atoms with Gasteiger partial charge < -0.3 is 19.5 Å². The largest absolute Gasteiger partial charge is 0.443 e. The molecule has 1 fully saturated rings. The number of hydrogen-bond donors (Lipinski definition) is 1. The van der Waals surface area contributed by atoms with E-state index in [2.05, 4.69) is 55.4 Å².